The first kappa shape index (κ1) is 40.5. The van der Waals surface area contributed by atoms with Crippen LogP contribution in [0.4, 0.5) is 0 Å². The summed E-state index contributed by atoms with van der Waals surface area (Å²) in [5.41, 5.74) is -0.550. The minimum absolute atomic E-state index is 0.0609. The molecule has 4 aliphatic carbocycles. The maximum Gasteiger partial charge on any atom is 0.372 e. The number of hydrogen-bond acceptors (Lipinski definition) is 8. The van der Waals surface area contributed by atoms with Gasteiger partial charge in [-0.3, -0.25) is 4.79 Å². The number of esters is 4. The minimum Gasteiger partial charge on any atom is -0.469 e. The molecule has 0 aromatic carbocycles. The number of nitrogens with zero attached hydrogens (tertiary/aromatic N) is 3. The summed E-state index contributed by atoms with van der Waals surface area (Å²) in [7, 11) is 1.43. The molecule has 4 aliphatic rings. The summed E-state index contributed by atoms with van der Waals surface area (Å²) in [4.78, 5) is 53.2. The fraction of sp³-hybridized carbons (Fsp3) is 0.587. The molecule has 4 saturated carbocycles. The Morgan fingerprint density at radius 1 is 0.649 bits per heavy atom. The van der Waals surface area contributed by atoms with Crippen LogP contribution in [-0.4, -0.2) is 49.3 Å². The highest BCUT2D eigenvalue weighted by molar-refractivity contribution is 5.69. The topological polar surface area (TPSA) is 117 Å². The standard InChI is InChI=1S/C46H60N3O8/c1-32(14-17-40(50)54-4)35-15-16-36-44-37(28-39(46(35,36)3)57-43(53)31-49-24-12-7-13-25-49)45(2)19-18-34(55-41(51)29-47-20-8-5-9-21-47)26-33(45)27-38(44)56-42(52)30-48-22-10-6-11-23-48/h5-13,20-25,32-39,44H,14-19,26-31H2,1-4H3/q+3/t32-,33+,34-,35-,36+,37+,38-,39+,44+,45+,46-/m1/s1. The van der Waals surface area contributed by atoms with E-state index in [1.165, 1.54) is 7.11 Å². The van der Waals surface area contributed by atoms with Gasteiger partial charge in [-0.2, -0.15) is 13.7 Å². The normalized spacial score (nSPS) is 32.1. The Kier molecular flexibility index (Phi) is 12.4. The van der Waals surface area contributed by atoms with Crippen LogP contribution in [0.25, 0.3) is 0 Å². The van der Waals surface area contributed by atoms with Crippen molar-refractivity contribution < 1.29 is 51.8 Å². The maximum atomic E-state index is 13.9. The van der Waals surface area contributed by atoms with Crippen molar-refractivity contribution in [3.05, 3.63) is 91.8 Å². The van der Waals surface area contributed by atoms with Crippen molar-refractivity contribution >= 4 is 23.9 Å². The van der Waals surface area contributed by atoms with E-state index in [4.69, 9.17) is 18.9 Å². The molecule has 0 aliphatic heterocycles. The van der Waals surface area contributed by atoms with E-state index >= 15 is 0 Å². The number of methoxy groups -OCH3 is 1. The van der Waals surface area contributed by atoms with Gasteiger partial charge in [-0.15, -0.1) is 0 Å². The van der Waals surface area contributed by atoms with Gasteiger partial charge in [-0.05, 0) is 86.4 Å². The zero-order valence-corrected chi connectivity index (χ0v) is 33.9. The second-order valence-corrected chi connectivity index (χ2v) is 17.6. The lowest BCUT2D eigenvalue weighted by atomic mass is 9.43. The summed E-state index contributed by atoms with van der Waals surface area (Å²) >= 11 is 0. The number of ether oxygens (including phenoxy) is 4. The van der Waals surface area contributed by atoms with Gasteiger partial charge in [-0.25, -0.2) is 14.4 Å². The van der Waals surface area contributed by atoms with Crippen LogP contribution in [0.15, 0.2) is 91.8 Å². The molecule has 0 N–H and O–H groups in total. The van der Waals surface area contributed by atoms with Crippen LogP contribution in [0.2, 0.25) is 0 Å². The van der Waals surface area contributed by atoms with Gasteiger partial charge in [0.1, 0.15) is 18.3 Å². The molecule has 11 atom stereocenters. The van der Waals surface area contributed by atoms with Gasteiger partial charge in [0.2, 0.25) is 19.6 Å². The Labute approximate surface area is 336 Å². The third-order valence-corrected chi connectivity index (χ3v) is 14.6. The summed E-state index contributed by atoms with van der Waals surface area (Å²) in [6, 6.07) is 17.2. The van der Waals surface area contributed by atoms with Crippen LogP contribution in [0.5, 0.6) is 0 Å². The predicted molar refractivity (Wildman–Crippen MR) is 206 cm³/mol. The molecule has 0 radical (unpaired) electrons. The molecule has 3 heterocycles. The quantitative estimate of drug-likeness (QED) is 0.133. The average molecular weight is 783 g/mol. The van der Waals surface area contributed by atoms with Gasteiger partial charge < -0.3 is 18.9 Å². The van der Waals surface area contributed by atoms with E-state index in [1.54, 1.807) is 0 Å². The van der Waals surface area contributed by atoms with E-state index in [2.05, 4.69) is 20.8 Å². The van der Waals surface area contributed by atoms with Gasteiger partial charge in [0.15, 0.2) is 37.2 Å². The first-order valence-electron chi connectivity index (χ1n) is 21.0. The number of hydrogen-bond donors (Lipinski definition) is 0. The van der Waals surface area contributed by atoms with Crippen LogP contribution in [0, 0.1) is 46.3 Å². The Balaban J connectivity index is 1.19. The van der Waals surface area contributed by atoms with Crippen molar-refractivity contribution in [2.24, 2.45) is 46.3 Å². The van der Waals surface area contributed by atoms with E-state index in [0.29, 0.717) is 32.1 Å². The van der Waals surface area contributed by atoms with E-state index in [0.717, 1.165) is 25.7 Å². The monoisotopic (exact) mass is 782 g/mol. The van der Waals surface area contributed by atoms with Crippen LogP contribution in [0.1, 0.15) is 78.6 Å². The van der Waals surface area contributed by atoms with E-state index in [9.17, 15) is 19.2 Å². The highest BCUT2D eigenvalue weighted by Gasteiger charge is 2.68. The van der Waals surface area contributed by atoms with E-state index in [1.807, 2.05) is 105 Å². The molecule has 3 aromatic heterocycles. The zero-order chi connectivity index (χ0) is 40.2. The number of rotatable bonds is 13. The summed E-state index contributed by atoms with van der Waals surface area (Å²) < 4.78 is 30.0. The van der Waals surface area contributed by atoms with Crippen molar-refractivity contribution in [3.8, 4) is 0 Å². The largest absolute Gasteiger partial charge is 0.469 e. The smallest absolute Gasteiger partial charge is 0.372 e. The molecule has 3 aromatic rings. The molecule has 0 bridgehead atoms. The van der Waals surface area contributed by atoms with Gasteiger partial charge in [0, 0.05) is 54.2 Å². The molecule has 0 saturated heterocycles. The highest BCUT2D eigenvalue weighted by atomic mass is 16.6. The number of aromatic nitrogens is 3. The Morgan fingerprint density at radius 3 is 1.75 bits per heavy atom. The molecule has 4 fully saturated rings. The molecule has 304 valence electrons. The molecule has 11 heteroatoms. The van der Waals surface area contributed by atoms with Gasteiger partial charge in [0.05, 0.1) is 7.11 Å². The summed E-state index contributed by atoms with van der Waals surface area (Å²) in [6.45, 7) is 7.29. The lowest BCUT2D eigenvalue weighted by molar-refractivity contribution is -0.686. The zero-order valence-electron chi connectivity index (χ0n) is 33.9. The predicted octanol–water partition coefficient (Wildman–Crippen LogP) is 5.15. The minimum atomic E-state index is -0.405. The lowest BCUT2D eigenvalue weighted by Gasteiger charge is -2.64. The molecule has 57 heavy (non-hydrogen) atoms. The third kappa shape index (κ3) is 8.77. The number of carbonyl (C=O) groups excluding carboxylic acids is 4. The number of carbonyl (C=O) groups is 4. The fourth-order valence-electron chi connectivity index (χ4n) is 11.8. The van der Waals surface area contributed by atoms with Crippen LogP contribution < -0.4 is 13.7 Å². The Morgan fingerprint density at radius 2 is 1.19 bits per heavy atom. The Bertz CT molecular complexity index is 1860. The molecular weight excluding hydrogens is 723 g/mol. The van der Waals surface area contributed by atoms with Crippen molar-refractivity contribution in [3.63, 3.8) is 0 Å². The van der Waals surface area contributed by atoms with E-state index in [-0.39, 0.29) is 103 Å². The Hall–Kier alpha value is -4.67. The third-order valence-electron chi connectivity index (χ3n) is 14.6. The highest BCUT2D eigenvalue weighted by Crippen LogP contribution is 2.69. The van der Waals surface area contributed by atoms with Crippen molar-refractivity contribution in [2.75, 3.05) is 7.11 Å². The van der Waals surface area contributed by atoms with E-state index < -0.39 is 5.41 Å². The van der Waals surface area contributed by atoms with Crippen LogP contribution >= 0.6 is 0 Å². The van der Waals surface area contributed by atoms with Crippen molar-refractivity contribution in [1.82, 2.24) is 0 Å². The molecule has 0 spiro atoms. The molecule has 0 unspecified atom stereocenters. The maximum absolute atomic E-state index is 13.9. The average Bonchev–Trinajstić information content (AvgIpc) is 3.56. The second-order valence-electron chi connectivity index (χ2n) is 17.6. The summed E-state index contributed by atoms with van der Waals surface area (Å²) in [6.07, 6.45) is 16.8. The van der Waals surface area contributed by atoms with Gasteiger partial charge in [0.25, 0.3) is 0 Å². The van der Waals surface area contributed by atoms with Crippen LogP contribution in [-0.2, 0) is 57.8 Å². The molecular formula is C46H60N3O8+3. The lowest BCUT2D eigenvalue weighted by Crippen LogP contribution is -2.64. The first-order chi connectivity index (χ1) is 27.5. The number of fused-ring (bicyclic) bond motifs is 5. The van der Waals surface area contributed by atoms with Crippen molar-refractivity contribution in [1.29, 1.82) is 0 Å². The fourth-order valence-corrected chi connectivity index (χ4v) is 11.8. The van der Waals surface area contributed by atoms with Crippen molar-refractivity contribution in [2.45, 2.75) is 117 Å². The van der Waals surface area contributed by atoms with Gasteiger partial charge in [-0.1, -0.05) is 39.0 Å². The molecule has 11 nitrogen and oxygen atoms in total. The summed E-state index contributed by atoms with van der Waals surface area (Å²) in [5.74, 6) is -0.213. The van der Waals surface area contributed by atoms with Gasteiger partial charge >= 0.3 is 23.9 Å². The summed E-state index contributed by atoms with van der Waals surface area (Å²) in [5, 5.41) is 0. The molecule has 7 rings (SSSR count). The second kappa shape index (κ2) is 17.4. The molecule has 0 amide bonds. The number of pyridine rings is 3. The van der Waals surface area contributed by atoms with Crippen LogP contribution in [0.3, 0.4) is 0 Å². The SMILES string of the molecule is COC(=O)CC[C@@H](C)[C@H]1CC[C@H]2[C@@H]3[C@H](OC(=O)C[n+]4ccccc4)C[C@@H]4C[C@H](OC(=O)C[n+]5ccccc5)CC[C@]4(C)[C@H]3C[C@H](OC(=O)C[n+]3ccccc3)[C@]12C. The first-order valence-corrected chi connectivity index (χ1v) is 21.0.